The van der Waals surface area contributed by atoms with Gasteiger partial charge in [-0.1, -0.05) is 0 Å². The van der Waals surface area contributed by atoms with Crippen LogP contribution in [0.2, 0.25) is 0 Å². The van der Waals surface area contributed by atoms with E-state index >= 15 is 0 Å². The first-order valence-corrected chi connectivity index (χ1v) is 10.8. The summed E-state index contributed by atoms with van der Waals surface area (Å²) < 4.78 is 30.9. The molecule has 0 N–H and O–H groups in total. The number of hydrogen-bond acceptors (Lipinski definition) is 6. The van der Waals surface area contributed by atoms with E-state index in [2.05, 4.69) is 11.1 Å². The maximum absolute atomic E-state index is 12.0. The van der Waals surface area contributed by atoms with E-state index in [-0.39, 0.29) is 4.90 Å². The smallest absolute Gasteiger partial charge is 0.242 e. The lowest BCUT2D eigenvalue weighted by Gasteiger charge is -2.13. The molecule has 8 heteroatoms. The number of benzene rings is 1. The zero-order chi connectivity index (χ0) is 20.2. The molecule has 1 heterocycles. The number of ether oxygens (including phenoxy) is 1. The average molecular weight is 406 g/mol. The summed E-state index contributed by atoms with van der Waals surface area (Å²) in [5, 5.41) is 10.1. The van der Waals surface area contributed by atoms with Gasteiger partial charge in [0.25, 0.3) is 0 Å². The molecule has 27 heavy (non-hydrogen) atoms. The number of hydrogen-bond donors (Lipinski definition) is 0. The molecule has 144 valence electrons. The molecule has 0 aliphatic rings. The fourth-order valence-electron chi connectivity index (χ4n) is 2.36. The van der Waals surface area contributed by atoms with E-state index in [0.717, 1.165) is 16.8 Å². The third-order valence-electron chi connectivity index (χ3n) is 4.27. The Hall–Kier alpha value is -2.08. The number of nitriles is 1. The zero-order valence-corrected chi connectivity index (χ0v) is 17.7. The van der Waals surface area contributed by atoms with Gasteiger partial charge in [0.15, 0.2) is 0 Å². The summed E-state index contributed by atoms with van der Waals surface area (Å²) in [6.45, 7) is 6.26. The Morgan fingerprint density at radius 3 is 2.33 bits per heavy atom. The van der Waals surface area contributed by atoms with Gasteiger partial charge in [-0.25, -0.2) is 17.7 Å². The van der Waals surface area contributed by atoms with Crippen molar-refractivity contribution in [1.29, 1.82) is 5.26 Å². The van der Waals surface area contributed by atoms with Crippen LogP contribution in [0.25, 0.3) is 0 Å². The summed E-state index contributed by atoms with van der Waals surface area (Å²) in [6, 6.07) is 8.57. The number of nitrogens with zero attached hydrogens (tertiary/aromatic N) is 3. The fourth-order valence-corrected chi connectivity index (χ4v) is 4.17. The SMILES string of the molecule is Cc1nc(SCCOc2ccc(S(=O)(=O)N(C)C)cc2)c(C#N)c(C)c1C. The highest BCUT2D eigenvalue weighted by Gasteiger charge is 2.17. The summed E-state index contributed by atoms with van der Waals surface area (Å²) in [6.07, 6.45) is 0. The Morgan fingerprint density at radius 2 is 1.78 bits per heavy atom. The monoisotopic (exact) mass is 405 g/mol. The van der Waals surface area contributed by atoms with Crippen molar-refractivity contribution >= 4 is 21.8 Å². The van der Waals surface area contributed by atoms with Gasteiger partial charge in [-0.05, 0) is 56.2 Å². The number of pyridine rings is 1. The lowest BCUT2D eigenvalue weighted by Crippen LogP contribution is -2.22. The second-order valence-electron chi connectivity index (χ2n) is 6.19. The summed E-state index contributed by atoms with van der Waals surface area (Å²) in [5.74, 6) is 1.22. The van der Waals surface area contributed by atoms with Gasteiger partial charge in [0.05, 0.1) is 17.1 Å². The molecule has 0 unspecified atom stereocenters. The molecule has 6 nitrogen and oxygen atoms in total. The van der Waals surface area contributed by atoms with E-state index in [9.17, 15) is 13.7 Å². The first-order valence-electron chi connectivity index (χ1n) is 8.34. The number of rotatable bonds is 7. The van der Waals surface area contributed by atoms with Crippen LogP contribution in [0.15, 0.2) is 34.2 Å². The molecule has 2 rings (SSSR count). The predicted octanol–water partition coefficient (Wildman–Crippen LogP) is 3.30. The van der Waals surface area contributed by atoms with E-state index < -0.39 is 10.0 Å². The lowest BCUT2D eigenvalue weighted by atomic mass is 10.1. The van der Waals surface area contributed by atoms with Crippen molar-refractivity contribution in [3.63, 3.8) is 0 Å². The zero-order valence-electron chi connectivity index (χ0n) is 16.1. The molecular weight excluding hydrogens is 382 g/mol. The molecule has 0 atom stereocenters. The van der Waals surface area contributed by atoms with E-state index in [1.807, 2.05) is 20.8 Å². The van der Waals surface area contributed by atoms with Crippen LogP contribution < -0.4 is 4.74 Å². The number of aromatic nitrogens is 1. The summed E-state index contributed by atoms with van der Waals surface area (Å²) >= 11 is 1.48. The van der Waals surface area contributed by atoms with Crippen LogP contribution in [0, 0.1) is 32.1 Å². The fraction of sp³-hybridized carbons (Fsp3) is 0.368. The summed E-state index contributed by atoms with van der Waals surface area (Å²) in [7, 11) is -0.449. The maximum atomic E-state index is 12.0. The molecular formula is C19H23N3O3S2. The van der Waals surface area contributed by atoms with Gasteiger partial charge in [-0.2, -0.15) is 5.26 Å². The van der Waals surface area contributed by atoms with E-state index in [1.165, 1.54) is 42.3 Å². The first kappa shape index (κ1) is 21.2. The molecule has 0 aliphatic carbocycles. The van der Waals surface area contributed by atoms with Crippen LogP contribution in [0.3, 0.4) is 0 Å². The number of thioether (sulfide) groups is 1. The third kappa shape index (κ3) is 4.80. The minimum Gasteiger partial charge on any atom is -0.493 e. The van der Waals surface area contributed by atoms with Crippen molar-refractivity contribution < 1.29 is 13.2 Å². The second kappa shape index (κ2) is 8.74. The van der Waals surface area contributed by atoms with Gasteiger partial charge in [-0.3, -0.25) is 0 Å². The molecule has 0 aliphatic heterocycles. The summed E-state index contributed by atoms with van der Waals surface area (Å²) in [5.41, 5.74) is 3.54. The van der Waals surface area contributed by atoms with E-state index in [1.54, 1.807) is 12.1 Å². The molecule has 0 radical (unpaired) electrons. The predicted molar refractivity (Wildman–Crippen MR) is 107 cm³/mol. The molecule has 0 bridgehead atoms. The van der Waals surface area contributed by atoms with Crippen LogP contribution in [0.4, 0.5) is 0 Å². The standard InChI is InChI=1S/C19H23N3O3S2/c1-13-14(2)18(12-20)19(21-15(13)3)26-11-10-25-16-6-8-17(9-7-16)27(23,24)22(4)5/h6-9H,10-11H2,1-5H3. The normalized spacial score (nSPS) is 11.4. The van der Waals surface area contributed by atoms with Gasteiger partial charge in [-0.15, -0.1) is 11.8 Å². The number of sulfonamides is 1. The van der Waals surface area contributed by atoms with Crippen LogP contribution >= 0.6 is 11.8 Å². The van der Waals surface area contributed by atoms with Gasteiger partial charge in [0, 0.05) is 25.5 Å². The molecule has 1 aromatic carbocycles. The first-order chi connectivity index (χ1) is 12.7. The summed E-state index contributed by atoms with van der Waals surface area (Å²) in [4.78, 5) is 4.74. The van der Waals surface area contributed by atoms with Crippen molar-refractivity contribution in [3.8, 4) is 11.8 Å². The molecule has 2 aromatic rings. The van der Waals surface area contributed by atoms with Crippen molar-refractivity contribution in [1.82, 2.24) is 9.29 Å². The highest BCUT2D eigenvalue weighted by Crippen LogP contribution is 2.26. The number of aryl methyl sites for hydroxylation is 1. The third-order valence-corrected chi connectivity index (χ3v) is 7.04. The highest BCUT2D eigenvalue weighted by molar-refractivity contribution is 7.99. The molecule has 0 fully saturated rings. The molecule has 0 amide bonds. The van der Waals surface area contributed by atoms with Crippen LogP contribution in [0.1, 0.15) is 22.4 Å². The second-order valence-corrected chi connectivity index (χ2v) is 9.43. The molecule has 0 spiro atoms. The van der Waals surface area contributed by atoms with Gasteiger partial charge in [0.2, 0.25) is 10.0 Å². The molecule has 0 saturated heterocycles. The maximum Gasteiger partial charge on any atom is 0.242 e. The molecule has 1 aromatic heterocycles. The minimum absolute atomic E-state index is 0.225. The van der Waals surface area contributed by atoms with Crippen molar-refractivity contribution in [3.05, 3.63) is 46.6 Å². The quantitative estimate of drug-likeness (QED) is 0.519. The lowest BCUT2D eigenvalue weighted by molar-refractivity contribution is 0.343. The Balaban J connectivity index is 1.98. The Kier molecular flexibility index (Phi) is 6.87. The van der Waals surface area contributed by atoms with E-state index in [0.29, 0.717) is 28.7 Å². The van der Waals surface area contributed by atoms with Crippen LogP contribution in [-0.2, 0) is 10.0 Å². The Bertz CT molecular complexity index is 963. The highest BCUT2D eigenvalue weighted by atomic mass is 32.2. The van der Waals surface area contributed by atoms with E-state index in [4.69, 9.17) is 4.74 Å². The minimum atomic E-state index is -3.44. The van der Waals surface area contributed by atoms with Crippen molar-refractivity contribution in [2.75, 3.05) is 26.5 Å². The van der Waals surface area contributed by atoms with Crippen molar-refractivity contribution in [2.24, 2.45) is 0 Å². The Labute approximate surface area is 165 Å². The van der Waals surface area contributed by atoms with Crippen LogP contribution in [0.5, 0.6) is 5.75 Å². The van der Waals surface area contributed by atoms with Gasteiger partial charge < -0.3 is 4.74 Å². The van der Waals surface area contributed by atoms with Crippen molar-refractivity contribution in [2.45, 2.75) is 30.7 Å². The topological polar surface area (TPSA) is 83.3 Å². The van der Waals surface area contributed by atoms with Gasteiger partial charge in [0.1, 0.15) is 16.8 Å². The van der Waals surface area contributed by atoms with Gasteiger partial charge >= 0.3 is 0 Å². The van der Waals surface area contributed by atoms with Crippen LogP contribution in [-0.4, -0.2) is 44.2 Å². The molecule has 0 saturated carbocycles. The Morgan fingerprint density at radius 1 is 1.15 bits per heavy atom. The average Bonchev–Trinajstić information content (AvgIpc) is 2.63. The largest absolute Gasteiger partial charge is 0.493 e.